The average molecular weight is 542 g/mol. The molecular weight excluding hydrogens is 510 g/mol. The third-order valence-corrected chi connectivity index (χ3v) is 9.52. The molecule has 0 radical (unpaired) electrons. The summed E-state index contributed by atoms with van der Waals surface area (Å²) in [4.78, 5) is 30.6. The van der Waals surface area contributed by atoms with E-state index in [4.69, 9.17) is 0 Å². The Bertz CT molecular complexity index is 1420. The van der Waals surface area contributed by atoms with E-state index < -0.39 is 0 Å². The Morgan fingerprint density at radius 1 is 0.974 bits per heavy atom. The lowest BCUT2D eigenvalue weighted by Gasteiger charge is -2.40. The van der Waals surface area contributed by atoms with E-state index in [0.717, 1.165) is 32.3 Å². The van der Waals surface area contributed by atoms with Crippen LogP contribution in [-0.2, 0) is 4.79 Å². The highest BCUT2D eigenvalue weighted by Crippen LogP contribution is 2.43. The first kappa shape index (κ1) is 26.2. The van der Waals surface area contributed by atoms with Crippen LogP contribution in [0.15, 0.2) is 101 Å². The molecule has 5 rings (SSSR count). The van der Waals surface area contributed by atoms with Gasteiger partial charge in [-0.15, -0.1) is 23.5 Å². The van der Waals surface area contributed by atoms with E-state index in [1.54, 1.807) is 11.8 Å². The van der Waals surface area contributed by atoms with Gasteiger partial charge in [-0.05, 0) is 67.8 Å². The normalized spacial score (nSPS) is 18.3. The summed E-state index contributed by atoms with van der Waals surface area (Å²) in [5.41, 5.74) is 4.68. The number of thioether (sulfide) groups is 2. The fourth-order valence-corrected chi connectivity index (χ4v) is 6.91. The third kappa shape index (κ3) is 5.54. The van der Waals surface area contributed by atoms with Crippen LogP contribution in [0.1, 0.15) is 24.5 Å². The second-order valence-corrected chi connectivity index (χ2v) is 11.9. The number of para-hydroxylation sites is 1. The molecular formula is C31H31N3O2S2. The van der Waals surface area contributed by atoms with Gasteiger partial charge in [-0.2, -0.15) is 0 Å². The Kier molecular flexibility index (Phi) is 7.95. The van der Waals surface area contributed by atoms with Gasteiger partial charge in [0.15, 0.2) is 0 Å². The highest BCUT2D eigenvalue weighted by atomic mass is 32.2. The number of allylic oxidation sites excluding steroid dienone is 2. The molecule has 3 atom stereocenters. The van der Waals surface area contributed by atoms with Gasteiger partial charge in [0.1, 0.15) is 0 Å². The van der Waals surface area contributed by atoms with Crippen molar-refractivity contribution in [2.75, 3.05) is 15.5 Å². The Balaban J connectivity index is 1.31. The fourth-order valence-electron chi connectivity index (χ4n) is 4.64. The number of aryl methyl sites for hydroxylation is 1. The molecule has 1 heterocycles. The highest BCUT2D eigenvalue weighted by molar-refractivity contribution is 8.00. The van der Waals surface area contributed by atoms with Crippen LogP contribution in [-0.4, -0.2) is 28.5 Å². The minimum Gasteiger partial charge on any atom is -0.325 e. The first-order chi connectivity index (χ1) is 18.4. The smallest absolute Gasteiger partial charge is 0.325 e. The molecule has 3 amide bonds. The van der Waals surface area contributed by atoms with Crippen molar-refractivity contribution in [2.24, 2.45) is 0 Å². The Morgan fingerprint density at radius 2 is 1.76 bits per heavy atom. The van der Waals surface area contributed by atoms with E-state index in [1.165, 1.54) is 11.8 Å². The molecule has 7 heteroatoms. The number of carbonyl (C=O) groups excluding carboxylic acids is 2. The first-order valence-corrected chi connectivity index (χ1v) is 14.5. The van der Waals surface area contributed by atoms with Crippen LogP contribution in [0.5, 0.6) is 0 Å². The lowest BCUT2D eigenvalue weighted by atomic mass is 10.1. The van der Waals surface area contributed by atoms with Gasteiger partial charge in [-0.3, -0.25) is 9.69 Å². The molecule has 0 spiro atoms. The van der Waals surface area contributed by atoms with Crippen molar-refractivity contribution in [3.05, 3.63) is 102 Å². The number of fused-ring (bicyclic) bond motifs is 2. The van der Waals surface area contributed by atoms with Gasteiger partial charge in [0, 0.05) is 21.2 Å². The number of hydrogen-bond acceptors (Lipinski definition) is 4. The fraction of sp³-hybridized carbons (Fsp3) is 0.226. The molecule has 3 aromatic carbocycles. The van der Waals surface area contributed by atoms with E-state index in [2.05, 4.69) is 28.9 Å². The number of hydrogen-bond donors (Lipinski definition) is 2. The van der Waals surface area contributed by atoms with E-state index in [0.29, 0.717) is 12.1 Å². The summed E-state index contributed by atoms with van der Waals surface area (Å²) < 4.78 is 0. The molecule has 5 nitrogen and oxygen atoms in total. The topological polar surface area (TPSA) is 61.4 Å². The van der Waals surface area contributed by atoms with Crippen molar-refractivity contribution in [3.63, 3.8) is 0 Å². The second kappa shape index (κ2) is 11.5. The monoisotopic (exact) mass is 541 g/mol. The summed E-state index contributed by atoms with van der Waals surface area (Å²) in [5, 5.41) is 6.12. The van der Waals surface area contributed by atoms with Crippen LogP contribution in [0.25, 0.3) is 0 Å². The molecule has 3 unspecified atom stereocenters. The molecule has 2 N–H and O–H groups in total. The standard InChI is InChI=1S/C31H31N3O2S2/c1-4-27(30(35)33-24-14-9-11-20(2)21(24)3)37-23-13-10-12-22(19-23)32-31(36)34-25-15-5-7-17-28(25)38-29-18-8-6-16-26(29)34/h5-19,25,27-28H,4H2,1-3H3,(H,32,36)(H,33,35). The van der Waals surface area contributed by atoms with Gasteiger partial charge >= 0.3 is 6.03 Å². The number of nitrogens with zero attached hydrogens (tertiary/aromatic N) is 1. The summed E-state index contributed by atoms with van der Waals surface area (Å²) in [7, 11) is 0. The molecule has 0 aromatic heterocycles. The zero-order valence-corrected chi connectivity index (χ0v) is 23.3. The Labute approximate surface area is 232 Å². The molecule has 38 heavy (non-hydrogen) atoms. The third-order valence-electron chi connectivity index (χ3n) is 6.85. The van der Waals surface area contributed by atoms with Gasteiger partial charge in [0.2, 0.25) is 5.91 Å². The predicted octanol–water partition coefficient (Wildman–Crippen LogP) is 7.82. The number of amides is 3. The quantitative estimate of drug-likeness (QED) is 0.312. The van der Waals surface area contributed by atoms with E-state index in [1.807, 2.05) is 98.5 Å². The molecule has 0 bridgehead atoms. The van der Waals surface area contributed by atoms with Gasteiger partial charge in [0.05, 0.1) is 22.2 Å². The zero-order valence-electron chi connectivity index (χ0n) is 21.7. The maximum atomic E-state index is 13.6. The SMILES string of the molecule is CCC(Sc1cccc(NC(=O)N2c3ccccc3SC3C=CC=CC32)c1)C(=O)Nc1cccc(C)c1C. The number of nitrogens with one attached hydrogen (secondary N) is 2. The molecule has 1 aliphatic heterocycles. The summed E-state index contributed by atoms with van der Waals surface area (Å²) in [6.07, 6.45) is 8.96. The summed E-state index contributed by atoms with van der Waals surface area (Å²) in [6.45, 7) is 6.08. The Hall–Kier alpha value is -3.42. The molecule has 0 saturated heterocycles. The maximum Gasteiger partial charge on any atom is 0.326 e. The summed E-state index contributed by atoms with van der Waals surface area (Å²) in [6, 6.07) is 21.5. The predicted molar refractivity (Wildman–Crippen MR) is 161 cm³/mol. The van der Waals surface area contributed by atoms with E-state index in [9.17, 15) is 9.59 Å². The van der Waals surface area contributed by atoms with Gasteiger partial charge < -0.3 is 10.6 Å². The minimum atomic E-state index is -0.258. The molecule has 0 fully saturated rings. The van der Waals surface area contributed by atoms with Crippen LogP contribution in [0.4, 0.5) is 21.9 Å². The number of anilines is 3. The number of benzene rings is 3. The number of urea groups is 1. The van der Waals surface area contributed by atoms with Crippen LogP contribution in [0.3, 0.4) is 0 Å². The average Bonchev–Trinajstić information content (AvgIpc) is 2.93. The zero-order chi connectivity index (χ0) is 26.6. The van der Waals surface area contributed by atoms with E-state index in [-0.39, 0.29) is 28.5 Å². The van der Waals surface area contributed by atoms with Crippen molar-refractivity contribution in [1.82, 2.24) is 0 Å². The van der Waals surface area contributed by atoms with Crippen LogP contribution in [0.2, 0.25) is 0 Å². The highest BCUT2D eigenvalue weighted by Gasteiger charge is 2.36. The molecule has 2 aliphatic rings. The van der Waals surface area contributed by atoms with E-state index >= 15 is 0 Å². The van der Waals surface area contributed by atoms with Gasteiger partial charge in [0.25, 0.3) is 0 Å². The second-order valence-electron chi connectivity index (χ2n) is 9.39. The minimum absolute atomic E-state index is 0.0220. The van der Waals surface area contributed by atoms with Crippen LogP contribution < -0.4 is 15.5 Å². The number of rotatable bonds is 6. The molecule has 1 aliphatic carbocycles. The van der Waals surface area contributed by atoms with Crippen molar-refractivity contribution in [3.8, 4) is 0 Å². The van der Waals surface area contributed by atoms with Crippen molar-refractivity contribution in [1.29, 1.82) is 0 Å². The van der Waals surface area contributed by atoms with Crippen LogP contribution in [0, 0.1) is 13.8 Å². The summed E-state index contributed by atoms with van der Waals surface area (Å²) in [5.74, 6) is -0.0220. The lowest BCUT2D eigenvalue weighted by molar-refractivity contribution is -0.115. The summed E-state index contributed by atoms with van der Waals surface area (Å²) >= 11 is 3.29. The maximum absolute atomic E-state index is 13.6. The van der Waals surface area contributed by atoms with Crippen molar-refractivity contribution >= 4 is 52.5 Å². The molecule has 0 saturated carbocycles. The van der Waals surface area contributed by atoms with Gasteiger partial charge in [-0.1, -0.05) is 61.6 Å². The van der Waals surface area contributed by atoms with Crippen molar-refractivity contribution in [2.45, 2.75) is 53.5 Å². The van der Waals surface area contributed by atoms with Crippen molar-refractivity contribution < 1.29 is 9.59 Å². The van der Waals surface area contributed by atoms with Crippen LogP contribution >= 0.6 is 23.5 Å². The van der Waals surface area contributed by atoms with Gasteiger partial charge in [-0.25, -0.2) is 4.79 Å². The Morgan fingerprint density at radius 3 is 2.61 bits per heavy atom. The number of carbonyl (C=O) groups is 2. The lowest BCUT2D eigenvalue weighted by Crippen LogP contribution is -2.49. The largest absolute Gasteiger partial charge is 0.326 e. The molecule has 3 aromatic rings. The molecule has 194 valence electrons. The first-order valence-electron chi connectivity index (χ1n) is 12.8.